The Kier molecular flexibility index (Phi) is 10.2. The highest BCUT2D eigenvalue weighted by molar-refractivity contribution is 7.26. The van der Waals surface area contributed by atoms with E-state index >= 15 is 0 Å². The summed E-state index contributed by atoms with van der Waals surface area (Å²) in [6.07, 6.45) is 12.2. The fourth-order valence-corrected chi connectivity index (χ4v) is 4.90. The van der Waals surface area contributed by atoms with Gasteiger partial charge in [-0.2, -0.15) is 0 Å². The van der Waals surface area contributed by atoms with Gasteiger partial charge in [-0.05, 0) is 63.3 Å². The van der Waals surface area contributed by atoms with E-state index in [1.54, 1.807) is 6.07 Å². The normalized spacial score (nSPS) is 17.7. The molecule has 0 radical (unpaired) electrons. The van der Waals surface area contributed by atoms with Crippen LogP contribution in [0, 0.1) is 18.3 Å². The topological polar surface area (TPSA) is 60.3 Å². The molecule has 2 unspecified atom stereocenters. The molecule has 6 heteroatoms. The van der Waals surface area contributed by atoms with E-state index in [0.29, 0.717) is 37.0 Å². The molecular weight excluding hydrogens is 463 g/mol. The van der Waals surface area contributed by atoms with E-state index in [4.69, 9.17) is 5.41 Å². The first-order valence-corrected chi connectivity index (χ1v) is 13.3. The smallest absolute Gasteiger partial charge is 0.272 e. The molecule has 0 saturated carbocycles. The summed E-state index contributed by atoms with van der Waals surface area (Å²) in [5.74, 6) is 0.435. The molecule has 190 valence electrons. The highest BCUT2D eigenvalue weighted by Gasteiger charge is 2.30. The van der Waals surface area contributed by atoms with Crippen LogP contribution in [0.1, 0.15) is 48.8 Å². The second kappa shape index (κ2) is 13.3. The monoisotopic (exact) mass is 502 g/mol. The minimum absolute atomic E-state index is 0.0276. The lowest BCUT2D eigenvalue weighted by Crippen LogP contribution is -2.54. The first kappa shape index (κ1) is 27.5. The molecule has 36 heavy (non-hydrogen) atoms. The van der Waals surface area contributed by atoms with Crippen LogP contribution in [0.25, 0.3) is 0 Å². The van der Waals surface area contributed by atoms with E-state index in [2.05, 4.69) is 76.3 Å². The first-order valence-electron chi connectivity index (χ1n) is 12.8. The van der Waals surface area contributed by atoms with Gasteiger partial charge in [0.1, 0.15) is 5.69 Å². The zero-order chi connectivity index (χ0) is 26.1. The molecule has 1 aliphatic rings. The van der Waals surface area contributed by atoms with Gasteiger partial charge in [0, 0.05) is 25.7 Å². The summed E-state index contributed by atoms with van der Waals surface area (Å²) in [6.45, 7) is 10.4. The number of aryl methyl sites for hydroxylation is 1. The predicted molar refractivity (Wildman–Crippen MR) is 154 cm³/mol. The molecule has 2 heterocycles. The van der Waals surface area contributed by atoms with Crippen LogP contribution in [0.5, 0.6) is 0 Å². The molecule has 0 aliphatic carbocycles. The largest absolute Gasteiger partial charge is 0.366 e. The molecule has 3 rings (SSSR count). The standard InChI is InChI=1S/C30H39N4OP/c1-5-24(20-25-13-9-11-22(3)19-25)12-7-8-14-26(31)28(6-2)33-17-18-34(23(4)21-33)30(35)27-15-10-16-29(36)32-27/h6-16,19,23-24,31H,5,17-18,20-21,36H2,1-4H3/b12-7+,14-8+,28-6?,31-26?/t23-,24?/m1/s1. The van der Waals surface area contributed by atoms with Crippen molar-refractivity contribution in [1.29, 1.82) is 5.41 Å². The van der Waals surface area contributed by atoms with E-state index < -0.39 is 0 Å². The van der Waals surface area contributed by atoms with Crippen LogP contribution in [0.15, 0.2) is 78.5 Å². The third-order valence-corrected chi connectivity index (χ3v) is 6.95. The lowest BCUT2D eigenvalue weighted by atomic mass is 9.95. The minimum Gasteiger partial charge on any atom is -0.366 e. The van der Waals surface area contributed by atoms with Crippen molar-refractivity contribution in [2.24, 2.45) is 5.92 Å². The average Bonchev–Trinajstić information content (AvgIpc) is 2.86. The fourth-order valence-electron chi connectivity index (χ4n) is 4.65. The lowest BCUT2D eigenvalue weighted by molar-refractivity contribution is 0.0545. The van der Waals surface area contributed by atoms with Crippen molar-refractivity contribution in [2.45, 2.75) is 46.6 Å². The number of rotatable bonds is 9. The maximum atomic E-state index is 13.0. The number of aromatic nitrogens is 1. The number of carbonyl (C=O) groups excluding carboxylic acids is 1. The van der Waals surface area contributed by atoms with Gasteiger partial charge in [-0.15, -0.1) is 0 Å². The van der Waals surface area contributed by atoms with Gasteiger partial charge >= 0.3 is 0 Å². The van der Waals surface area contributed by atoms with Gasteiger partial charge in [0.25, 0.3) is 5.91 Å². The van der Waals surface area contributed by atoms with E-state index in [1.165, 1.54) is 11.1 Å². The van der Waals surface area contributed by atoms with Gasteiger partial charge < -0.3 is 9.80 Å². The second-order valence-corrected chi connectivity index (χ2v) is 10.0. The van der Waals surface area contributed by atoms with Crippen molar-refractivity contribution in [1.82, 2.24) is 14.8 Å². The average molecular weight is 503 g/mol. The zero-order valence-electron chi connectivity index (χ0n) is 21.9. The summed E-state index contributed by atoms with van der Waals surface area (Å²) >= 11 is 0. The van der Waals surface area contributed by atoms with Crippen molar-refractivity contribution < 1.29 is 4.79 Å². The minimum atomic E-state index is -0.0373. The molecule has 1 amide bonds. The van der Waals surface area contributed by atoms with Crippen LogP contribution in [0.2, 0.25) is 0 Å². The van der Waals surface area contributed by atoms with Gasteiger partial charge in [-0.1, -0.05) is 76.4 Å². The zero-order valence-corrected chi connectivity index (χ0v) is 23.1. The molecule has 0 bridgehead atoms. The number of piperazine rings is 1. The Morgan fingerprint density at radius 3 is 2.67 bits per heavy atom. The molecule has 1 aromatic carbocycles. The number of hydrogen-bond acceptors (Lipinski definition) is 4. The predicted octanol–water partition coefficient (Wildman–Crippen LogP) is 5.34. The second-order valence-electron chi connectivity index (χ2n) is 9.43. The molecule has 1 saturated heterocycles. The molecule has 1 aromatic heterocycles. The first-order chi connectivity index (χ1) is 17.3. The molecule has 1 fully saturated rings. The molecular formula is C30H39N4OP. The van der Waals surface area contributed by atoms with Crippen molar-refractivity contribution in [2.75, 3.05) is 19.6 Å². The summed E-state index contributed by atoms with van der Waals surface area (Å²) in [4.78, 5) is 21.4. The number of carbonyl (C=O) groups is 1. The number of allylic oxidation sites excluding steroid dienone is 5. The third-order valence-electron chi connectivity index (χ3n) is 6.63. The molecule has 5 nitrogen and oxygen atoms in total. The lowest BCUT2D eigenvalue weighted by Gasteiger charge is -2.41. The van der Waals surface area contributed by atoms with Crippen molar-refractivity contribution in [3.8, 4) is 0 Å². The van der Waals surface area contributed by atoms with E-state index in [1.807, 2.05) is 42.2 Å². The third kappa shape index (κ3) is 7.48. The van der Waals surface area contributed by atoms with Crippen LogP contribution < -0.4 is 5.44 Å². The summed E-state index contributed by atoms with van der Waals surface area (Å²) in [5.41, 5.74) is 5.28. The van der Waals surface area contributed by atoms with Crippen molar-refractivity contribution in [3.63, 3.8) is 0 Å². The highest BCUT2D eigenvalue weighted by atomic mass is 31.0. The Morgan fingerprint density at radius 2 is 2.00 bits per heavy atom. The maximum absolute atomic E-state index is 13.0. The Bertz CT molecular complexity index is 1150. The van der Waals surface area contributed by atoms with Gasteiger partial charge in [-0.3, -0.25) is 10.2 Å². The van der Waals surface area contributed by atoms with Crippen LogP contribution in [-0.4, -0.2) is 52.1 Å². The summed E-state index contributed by atoms with van der Waals surface area (Å²) in [6, 6.07) is 14.2. The number of benzene rings is 1. The number of pyridine rings is 1. The summed E-state index contributed by atoms with van der Waals surface area (Å²) in [5, 5.41) is 8.65. The molecule has 1 aliphatic heterocycles. The Labute approximate surface area is 218 Å². The number of nitrogens with one attached hydrogen (secondary N) is 1. The van der Waals surface area contributed by atoms with Crippen LogP contribution in [0.4, 0.5) is 0 Å². The Balaban J connectivity index is 1.57. The van der Waals surface area contributed by atoms with Gasteiger partial charge in [0.05, 0.1) is 16.8 Å². The molecule has 3 atom stereocenters. The quantitative estimate of drug-likeness (QED) is 0.286. The highest BCUT2D eigenvalue weighted by Crippen LogP contribution is 2.19. The SMILES string of the molecule is CC=C(C(=N)/C=C/C=C/C(CC)Cc1cccc(C)c1)N1CCN(C(=O)c2cccc(P)n2)[C@H](C)C1. The van der Waals surface area contributed by atoms with Crippen molar-refractivity contribution in [3.05, 3.63) is 95.4 Å². The van der Waals surface area contributed by atoms with Gasteiger partial charge in [0.2, 0.25) is 0 Å². The van der Waals surface area contributed by atoms with Gasteiger partial charge in [-0.25, -0.2) is 4.98 Å². The molecule has 1 N–H and O–H groups in total. The Hall–Kier alpha value is -3.04. The molecule has 2 aromatic rings. The van der Waals surface area contributed by atoms with E-state index in [9.17, 15) is 4.79 Å². The van der Waals surface area contributed by atoms with E-state index in [0.717, 1.165) is 24.0 Å². The summed E-state index contributed by atoms with van der Waals surface area (Å²) < 4.78 is 0. The number of nitrogens with zero attached hydrogens (tertiary/aromatic N) is 3. The van der Waals surface area contributed by atoms with Gasteiger partial charge in [0.15, 0.2) is 0 Å². The maximum Gasteiger partial charge on any atom is 0.272 e. The fraction of sp³-hybridized carbons (Fsp3) is 0.367. The van der Waals surface area contributed by atoms with E-state index in [-0.39, 0.29) is 11.9 Å². The number of hydrogen-bond donors (Lipinski definition) is 1. The number of amides is 1. The molecule has 0 spiro atoms. The van der Waals surface area contributed by atoms with Crippen LogP contribution in [-0.2, 0) is 6.42 Å². The van der Waals surface area contributed by atoms with Crippen LogP contribution >= 0.6 is 9.24 Å². The summed E-state index contributed by atoms with van der Waals surface area (Å²) in [7, 11) is 2.54. The Morgan fingerprint density at radius 1 is 1.22 bits per heavy atom. The van der Waals surface area contributed by atoms with Crippen LogP contribution in [0.3, 0.4) is 0 Å². The van der Waals surface area contributed by atoms with Crippen molar-refractivity contribution >= 4 is 26.3 Å².